The number of hydrogen-bond acceptors (Lipinski definition) is 4. The Bertz CT molecular complexity index is 899. The zero-order chi connectivity index (χ0) is 21.6. The van der Waals surface area contributed by atoms with Crippen LogP contribution in [0.4, 0.5) is 0 Å². The maximum Gasteiger partial charge on any atom is 0.162 e. The second-order valence-electron chi connectivity index (χ2n) is 12.1. The lowest BCUT2D eigenvalue weighted by Gasteiger charge is -2.71. The lowest BCUT2D eigenvalue weighted by Crippen LogP contribution is -2.70. The van der Waals surface area contributed by atoms with Gasteiger partial charge in [0.05, 0.1) is 6.61 Å². The minimum Gasteiger partial charge on any atom is -0.508 e. The first kappa shape index (κ1) is 20.4. The van der Waals surface area contributed by atoms with Crippen LogP contribution in [0.2, 0.25) is 0 Å². The molecule has 4 fully saturated rings. The highest BCUT2D eigenvalue weighted by molar-refractivity contribution is 5.43. The second kappa shape index (κ2) is 6.41. The van der Waals surface area contributed by atoms with Crippen LogP contribution in [0.25, 0.3) is 0 Å². The predicted octanol–water partition coefficient (Wildman–Crippen LogP) is 5.71. The van der Waals surface area contributed by atoms with Crippen molar-refractivity contribution in [1.29, 1.82) is 0 Å². The molecule has 6 rings (SSSR count). The van der Waals surface area contributed by atoms with Gasteiger partial charge < -0.3 is 19.3 Å². The summed E-state index contributed by atoms with van der Waals surface area (Å²) in [4.78, 5) is 0. The highest BCUT2D eigenvalue weighted by Gasteiger charge is 2.70. The maximum atomic E-state index is 10.1. The molecule has 31 heavy (non-hydrogen) atoms. The van der Waals surface area contributed by atoms with Crippen LogP contribution in [-0.4, -0.2) is 30.7 Å². The van der Waals surface area contributed by atoms with Crippen LogP contribution in [0, 0.1) is 34.0 Å². The van der Waals surface area contributed by atoms with E-state index >= 15 is 0 Å². The van der Waals surface area contributed by atoms with E-state index in [0.717, 1.165) is 25.2 Å². The summed E-state index contributed by atoms with van der Waals surface area (Å²) in [6.45, 7) is 8.21. The predicted molar refractivity (Wildman–Crippen MR) is 119 cm³/mol. The average Bonchev–Trinajstić information content (AvgIpc) is 2.72. The molecule has 3 aliphatic carbocycles. The van der Waals surface area contributed by atoms with E-state index in [-0.39, 0.29) is 28.1 Å². The molecule has 0 aromatic heterocycles. The van der Waals surface area contributed by atoms with Gasteiger partial charge in [0.1, 0.15) is 17.1 Å². The van der Waals surface area contributed by atoms with Crippen molar-refractivity contribution < 1.29 is 19.3 Å². The summed E-state index contributed by atoms with van der Waals surface area (Å²) in [5, 5.41) is 10.1. The van der Waals surface area contributed by atoms with Crippen LogP contribution in [0.15, 0.2) is 18.2 Å². The Hall–Kier alpha value is -1.26. The number of benzene rings is 1. The number of methoxy groups -OCH3 is 1. The van der Waals surface area contributed by atoms with Gasteiger partial charge in [-0.05, 0) is 92.9 Å². The standard InChI is InChI=1S/C27H38O4/c1-24-12-8-21-25(2)10-5-11-27(21,16-30-23(25)29-4)20(24)9-13-26(3)22(24)15-17-14-18(28)6-7-19(17)31-26/h6-7,14,20-23,28H,5,8-13,15-16H2,1-4H3/t20-,21-,22-,23-,24+,25+,26-,27-/m0/s1. The van der Waals surface area contributed by atoms with Crippen LogP contribution in [0.1, 0.15) is 71.3 Å². The molecule has 2 heterocycles. The van der Waals surface area contributed by atoms with Crippen molar-refractivity contribution in [3.8, 4) is 11.5 Å². The van der Waals surface area contributed by atoms with E-state index in [2.05, 4.69) is 20.8 Å². The fourth-order valence-electron chi connectivity index (χ4n) is 9.64. The third-order valence-electron chi connectivity index (χ3n) is 10.8. The molecule has 0 unspecified atom stereocenters. The maximum absolute atomic E-state index is 10.1. The van der Waals surface area contributed by atoms with Crippen molar-refractivity contribution in [2.75, 3.05) is 13.7 Å². The summed E-state index contributed by atoms with van der Waals surface area (Å²) >= 11 is 0. The highest BCUT2D eigenvalue weighted by Crippen LogP contribution is 2.73. The van der Waals surface area contributed by atoms with Gasteiger partial charge in [-0.25, -0.2) is 0 Å². The SMILES string of the molecule is CO[C@H]1OC[C@]23CCC[C@]1(C)[C@@H]2CC[C@]1(C)[C@@H]3CC[C@]2(C)Oc3ccc(O)cc3C[C@@H]12. The number of ether oxygens (including phenoxy) is 3. The first-order chi connectivity index (χ1) is 14.8. The Morgan fingerprint density at radius 3 is 2.55 bits per heavy atom. The molecule has 0 amide bonds. The Labute approximate surface area is 186 Å². The molecule has 5 aliphatic rings. The monoisotopic (exact) mass is 426 g/mol. The zero-order valence-electron chi connectivity index (χ0n) is 19.6. The Morgan fingerprint density at radius 2 is 1.74 bits per heavy atom. The fraction of sp³-hybridized carbons (Fsp3) is 0.778. The number of hydrogen-bond donors (Lipinski definition) is 1. The zero-order valence-corrected chi connectivity index (χ0v) is 19.6. The molecule has 1 aromatic carbocycles. The third kappa shape index (κ3) is 2.50. The summed E-state index contributed by atoms with van der Waals surface area (Å²) in [5.41, 5.74) is 1.69. The quantitative estimate of drug-likeness (QED) is 0.625. The number of phenols is 1. The summed E-state index contributed by atoms with van der Waals surface area (Å²) in [7, 11) is 1.82. The van der Waals surface area contributed by atoms with E-state index in [1.807, 2.05) is 19.2 Å². The normalized spacial score (nSPS) is 50.3. The van der Waals surface area contributed by atoms with Crippen LogP contribution in [0.5, 0.6) is 11.5 Å². The van der Waals surface area contributed by atoms with E-state index in [4.69, 9.17) is 14.2 Å². The van der Waals surface area contributed by atoms with Gasteiger partial charge in [-0.1, -0.05) is 20.3 Å². The molecule has 0 spiro atoms. The first-order valence-corrected chi connectivity index (χ1v) is 12.4. The number of fused-ring (bicyclic) bond motifs is 4. The van der Waals surface area contributed by atoms with Crippen molar-refractivity contribution in [1.82, 2.24) is 0 Å². The summed E-state index contributed by atoms with van der Waals surface area (Å²) in [6.07, 6.45) is 9.62. The smallest absolute Gasteiger partial charge is 0.162 e. The summed E-state index contributed by atoms with van der Waals surface area (Å²) in [6, 6.07) is 5.65. The molecule has 0 radical (unpaired) electrons. The number of aromatic hydroxyl groups is 1. The molecule has 1 saturated heterocycles. The van der Waals surface area contributed by atoms with Crippen molar-refractivity contribution >= 4 is 0 Å². The fourth-order valence-corrected chi connectivity index (χ4v) is 9.64. The molecular formula is C27H38O4. The Morgan fingerprint density at radius 1 is 0.968 bits per heavy atom. The van der Waals surface area contributed by atoms with Gasteiger partial charge in [-0.15, -0.1) is 0 Å². The van der Waals surface area contributed by atoms with Crippen molar-refractivity contribution in [3.63, 3.8) is 0 Å². The highest BCUT2D eigenvalue weighted by atomic mass is 16.7. The van der Waals surface area contributed by atoms with Crippen molar-refractivity contribution in [3.05, 3.63) is 23.8 Å². The van der Waals surface area contributed by atoms with Crippen LogP contribution in [-0.2, 0) is 15.9 Å². The van der Waals surface area contributed by atoms with E-state index in [0.29, 0.717) is 23.5 Å². The molecule has 8 atom stereocenters. The molecule has 1 N–H and O–H groups in total. The summed E-state index contributed by atoms with van der Waals surface area (Å²) < 4.78 is 19.1. The minimum absolute atomic E-state index is 0.0583. The topological polar surface area (TPSA) is 47.9 Å². The van der Waals surface area contributed by atoms with E-state index in [1.165, 1.54) is 44.1 Å². The minimum atomic E-state index is -0.124. The van der Waals surface area contributed by atoms with Gasteiger partial charge in [-0.3, -0.25) is 0 Å². The van der Waals surface area contributed by atoms with Gasteiger partial charge in [0.15, 0.2) is 6.29 Å². The lowest BCUT2D eigenvalue weighted by molar-refractivity contribution is -0.332. The van der Waals surface area contributed by atoms with Crippen LogP contribution >= 0.6 is 0 Å². The molecule has 4 heteroatoms. The van der Waals surface area contributed by atoms with Gasteiger partial charge in [0.2, 0.25) is 0 Å². The number of rotatable bonds is 1. The molecule has 170 valence electrons. The summed E-state index contributed by atoms with van der Waals surface area (Å²) in [5.74, 6) is 3.14. The Balaban J connectivity index is 1.41. The first-order valence-electron chi connectivity index (χ1n) is 12.4. The molecule has 3 saturated carbocycles. The molecular weight excluding hydrogens is 388 g/mol. The molecule has 2 aliphatic heterocycles. The van der Waals surface area contributed by atoms with Crippen LogP contribution < -0.4 is 4.74 Å². The Kier molecular flexibility index (Phi) is 4.21. The van der Waals surface area contributed by atoms with Gasteiger partial charge >= 0.3 is 0 Å². The van der Waals surface area contributed by atoms with E-state index in [9.17, 15) is 5.11 Å². The van der Waals surface area contributed by atoms with E-state index in [1.54, 1.807) is 6.07 Å². The largest absolute Gasteiger partial charge is 0.508 e. The van der Waals surface area contributed by atoms with Gasteiger partial charge in [-0.2, -0.15) is 0 Å². The average molecular weight is 427 g/mol. The van der Waals surface area contributed by atoms with Crippen LogP contribution in [0.3, 0.4) is 0 Å². The molecule has 2 bridgehead atoms. The number of phenolic OH excluding ortho intramolecular Hbond substituents is 1. The third-order valence-corrected chi connectivity index (χ3v) is 10.8. The van der Waals surface area contributed by atoms with Gasteiger partial charge in [0.25, 0.3) is 0 Å². The van der Waals surface area contributed by atoms with E-state index < -0.39 is 0 Å². The van der Waals surface area contributed by atoms with Crippen molar-refractivity contribution in [2.45, 2.75) is 84.0 Å². The molecule has 1 aromatic rings. The second-order valence-corrected chi connectivity index (χ2v) is 12.1. The molecule has 4 nitrogen and oxygen atoms in total. The van der Waals surface area contributed by atoms with Gasteiger partial charge in [0, 0.05) is 23.9 Å². The van der Waals surface area contributed by atoms with Crippen molar-refractivity contribution in [2.24, 2.45) is 34.0 Å². The lowest BCUT2D eigenvalue weighted by atomic mass is 9.36.